The molecule has 2 rings (SSSR count). The number of para-hydroxylation sites is 1. The molecule has 122 valence electrons. The summed E-state index contributed by atoms with van der Waals surface area (Å²) >= 11 is 0. The maximum absolute atomic E-state index is 12.2. The van der Waals surface area contributed by atoms with Gasteiger partial charge in [0.25, 0.3) is 5.91 Å². The third-order valence-electron chi connectivity index (χ3n) is 3.03. The van der Waals surface area contributed by atoms with Gasteiger partial charge in [0.05, 0.1) is 0 Å². The van der Waals surface area contributed by atoms with Crippen LogP contribution >= 0.6 is 0 Å². The number of anilines is 1. The SMILES string of the molecule is CCC(Oc1ccccc1)C(=O)Nc1ccc(OC(F)F)cc1. The largest absolute Gasteiger partial charge is 0.481 e. The lowest BCUT2D eigenvalue weighted by Crippen LogP contribution is -2.32. The molecule has 0 heterocycles. The monoisotopic (exact) mass is 321 g/mol. The van der Waals surface area contributed by atoms with Gasteiger partial charge in [-0.2, -0.15) is 8.78 Å². The van der Waals surface area contributed by atoms with Gasteiger partial charge in [-0.3, -0.25) is 4.79 Å². The van der Waals surface area contributed by atoms with Gasteiger partial charge in [0, 0.05) is 5.69 Å². The molecular weight excluding hydrogens is 304 g/mol. The molecule has 1 atom stereocenters. The van der Waals surface area contributed by atoms with Crippen molar-refractivity contribution < 1.29 is 23.0 Å². The van der Waals surface area contributed by atoms with E-state index in [1.54, 1.807) is 12.1 Å². The molecule has 6 heteroatoms. The first-order valence-electron chi connectivity index (χ1n) is 7.16. The maximum Gasteiger partial charge on any atom is 0.387 e. The van der Waals surface area contributed by atoms with Crippen molar-refractivity contribution in [3.05, 3.63) is 54.6 Å². The predicted molar refractivity (Wildman–Crippen MR) is 82.9 cm³/mol. The van der Waals surface area contributed by atoms with Crippen molar-refractivity contribution in [2.75, 3.05) is 5.32 Å². The van der Waals surface area contributed by atoms with E-state index in [1.165, 1.54) is 24.3 Å². The Kier molecular flexibility index (Phi) is 5.91. The van der Waals surface area contributed by atoms with Crippen molar-refractivity contribution in [2.24, 2.45) is 0 Å². The van der Waals surface area contributed by atoms with Crippen LogP contribution in [0.2, 0.25) is 0 Å². The summed E-state index contributed by atoms with van der Waals surface area (Å²) in [4.78, 5) is 12.2. The smallest absolute Gasteiger partial charge is 0.387 e. The highest BCUT2D eigenvalue weighted by Crippen LogP contribution is 2.19. The van der Waals surface area contributed by atoms with E-state index in [1.807, 2.05) is 25.1 Å². The van der Waals surface area contributed by atoms with Gasteiger partial charge in [0.15, 0.2) is 6.10 Å². The highest BCUT2D eigenvalue weighted by molar-refractivity contribution is 5.94. The highest BCUT2D eigenvalue weighted by Gasteiger charge is 2.18. The number of ether oxygens (including phenoxy) is 2. The molecule has 0 spiro atoms. The van der Waals surface area contributed by atoms with Crippen molar-refractivity contribution in [3.8, 4) is 11.5 Å². The standard InChI is InChI=1S/C17H17F2NO3/c1-2-15(22-13-6-4-3-5-7-13)16(21)20-12-8-10-14(11-9-12)23-17(18)19/h3-11,15,17H,2H2,1H3,(H,20,21). The topological polar surface area (TPSA) is 47.6 Å². The summed E-state index contributed by atoms with van der Waals surface area (Å²) in [6.07, 6.45) is -0.151. The van der Waals surface area contributed by atoms with Crippen LogP contribution in [0.25, 0.3) is 0 Å². The lowest BCUT2D eigenvalue weighted by molar-refractivity contribution is -0.122. The Bertz CT molecular complexity index is 617. The zero-order valence-electron chi connectivity index (χ0n) is 12.5. The number of amides is 1. The second-order valence-electron chi connectivity index (χ2n) is 4.72. The molecule has 1 unspecified atom stereocenters. The summed E-state index contributed by atoms with van der Waals surface area (Å²) in [6, 6.07) is 14.7. The van der Waals surface area contributed by atoms with Gasteiger partial charge in [-0.05, 0) is 42.8 Å². The molecule has 2 aromatic rings. The molecule has 0 radical (unpaired) electrons. The van der Waals surface area contributed by atoms with Crippen LogP contribution in [-0.2, 0) is 4.79 Å². The van der Waals surface area contributed by atoms with Gasteiger partial charge in [0.2, 0.25) is 0 Å². The van der Waals surface area contributed by atoms with Crippen LogP contribution in [0.1, 0.15) is 13.3 Å². The van der Waals surface area contributed by atoms with Crippen molar-refractivity contribution in [2.45, 2.75) is 26.1 Å². The fourth-order valence-electron chi connectivity index (χ4n) is 1.93. The number of rotatable bonds is 7. The molecule has 0 bridgehead atoms. The molecular formula is C17H17F2NO3. The molecule has 0 aromatic heterocycles. The number of halogens is 2. The van der Waals surface area contributed by atoms with E-state index in [9.17, 15) is 13.6 Å². The molecule has 2 aromatic carbocycles. The van der Waals surface area contributed by atoms with E-state index >= 15 is 0 Å². The van der Waals surface area contributed by atoms with E-state index in [2.05, 4.69) is 10.1 Å². The summed E-state index contributed by atoms with van der Waals surface area (Å²) in [5.41, 5.74) is 0.478. The summed E-state index contributed by atoms with van der Waals surface area (Å²) in [7, 11) is 0. The molecule has 0 aliphatic heterocycles. The first kappa shape index (κ1) is 16.7. The minimum Gasteiger partial charge on any atom is -0.481 e. The minimum atomic E-state index is -2.88. The molecule has 0 fully saturated rings. The number of carbonyl (C=O) groups is 1. The van der Waals surface area contributed by atoms with E-state index in [-0.39, 0.29) is 11.7 Å². The fourth-order valence-corrected chi connectivity index (χ4v) is 1.93. The fraction of sp³-hybridized carbons (Fsp3) is 0.235. The second kappa shape index (κ2) is 8.12. The van der Waals surface area contributed by atoms with Crippen molar-refractivity contribution in [1.82, 2.24) is 0 Å². The lowest BCUT2D eigenvalue weighted by Gasteiger charge is -2.17. The van der Waals surface area contributed by atoms with E-state index in [0.29, 0.717) is 17.9 Å². The number of alkyl halides is 2. The third-order valence-corrected chi connectivity index (χ3v) is 3.03. The lowest BCUT2D eigenvalue weighted by atomic mass is 10.2. The van der Waals surface area contributed by atoms with E-state index in [0.717, 1.165) is 0 Å². The summed E-state index contributed by atoms with van der Waals surface area (Å²) in [5.74, 6) is 0.333. The van der Waals surface area contributed by atoms with Gasteiger partial charge in [-0.25, -0.2) is 0 Å². The van der Waals surface area contributed by atoms with Crippen LogP contribution in [0.15, 0.2) is 54.6 Å². The Hall–Kier alpha value is -2.63. The average Bonchev–Trinajstić information content (AvgIpc) is 2.55. The normalized spacial score (nSPS) is 11.8. The Labute approximate surface area is 133 Å². The van der Waals surface area contributed by atoms with E-state index < -0.39 is 12.7 Å². The number of hydrogen-bond donors (Lipinski definition) is 1. The van der Waals surface area contributed by atoms with E-state index in [4.69, 9.17) is 4.74 Å². The first-order valence-corrected chi connectivity index (χ1v) is 7.16. The zero-order valence-corrected chi connectivity index (χ0v) is 12.5. The molecule has 0 aliphatic carbocycles. The molecule has 0 saturated heterocycles. The Morgan fingerprint density at radius 1 is 1.00 bits per heavy atom. The molecule has 1 amide bonds. The predicted octanol–water partition coefficient (Wildman–Crippen LogP) is 4.08. The summed E-state index contributed by atoms with van der Waals surface area (Å²) in [6.45, 7) is -1.04. The van der Waals surface area contributed by atoms with Crippen LogP contribution in [0.5, 0.6) is 11.5 Å². The number of benzene rings is 2. The van der Waals surface area contributed by atoms with Crippen LogP contribution in [0.3, 0.4) is 0 Å². The Balaban J connectivity index is 1.96. The number of carbonyl (C=O) groups excluding carboxylic acids is 1. The summed E-state index contributed by atoms with van der Waals surface area (Å²) in [5, 5.41) is 2.69. The molecule has 4 nitrogen and oxygen atoms in total. The summed E-state index contributed by atoms with van der Waals surface area (Å²) < 4.78 is 34.1. The van der Waals surface area contributed by atoms with Crippen molar-refractivity contribution in [3.63, 3.8) is 0 Å². The highest BCUT2D eigenvalue weighted by atomic mass is 19.3. The van der Waals surface area contributed by atoms with Gasteiger partial charge >= 0.3 is 6.61 Å². The first-order chi connectivity index (χ1) is 11.1. The quantitative estimate of drug-likeness (QED) is 0.836. The van der Waals surface area contributed by atoms with Crippen molar-refractivity contribution in [1.29, 1.82) is 0 Å². The average molecular weight is 321 g/mol. The maximum atomic E-state index is 12.2. The Morgan fingerprint density at radius 3 is 2.17 bits per heavy atom. The number of nitrogens with one attached hydrogen (secondary N) is 1. The molecule has 0 saturated carbocycles. The van der Waals surface area contributed by atoms with Crippen LogP contribution < -0.4 is 14.8 Å². The molecule has 23 heavy (non-hydrogen) atoms. The van der Waals surface area contributed by atoms with Crippen molar-refractivity contribution >= 4 is 11.6 Å². The third kappa shape index (κ3) is 5.25. The van der Waals surface area contributed by atoms with Gasteiger partial charge in [0.1, 0.15) is 11.5 Å². The molecule has 1 N–H and O–H groups in total. The van der Waals surface area contributed by atoms with Crippen LogP contribution in [0, 0.1) is 0 Å². The van der Waals surface area contributed by atoms with Gasteiger partial charge < -0.3 is 14.8 Å². The zero-order chi connectivity index (χ0) is 16.7. The minimum absolute atomic E-state index is 0.0329. The van der Waals surface area contributed by atoms with Gasteiger partial charge in [-0.1, -0.05) is 25.1 Å². The number of hydrogen-bond acceptors (Lipinski definition) is 3. The van der Waals surface area contributed by atoms with Gasteiger partial charge in [-0.15, -0.1) is 0 Å². The Morgan fingerprint density at radius 2 is 1.61 bits per heavy atom. The van der Waals surface area contributed by atoms with Crippen LogP contribution in [-0.4, -0.2) is 18.6 Å². The van der Waals surface area contributed by atoms with Crippen LogP contribution in [0.4, 0.5) is 14.5 Å². The second-order valence-corrected chi connectivity index (χ2v) is 4.72. The molecule has 0 aliphatic rings.